The number of benzene rings is 4. The van der Waals surface area contributed by atoms with Crippen molar-refractivity contribution in [2.24, 2.45) is 0 Å². The first kappa shape index (κ1) is 33.1. The molecule has 0 heterocycles. The summed E-state index contributed by atoms with van der Waals surface area (Å²) in [5, 5.41) is 2.69. The number of carbonyl (C=O) groups excluding carboxylic acids is 2. The number of likely N-dealkylation sites (N-methyl/N-ethyl adjacent to an activating group) is 1. The molecule has 1 N–H and O–H groups in total. The molecule has 236 valence electrons. The Bertz CT molecular complexity index is 1710. The van der Waals surface area contributed by atoms with Crippen molar-refractivity contribution in [1.82, 2.24) is 10.2 Å². The van der Waals surface area contributed by atoms with Crippen molar-refractivity contribution in [2.75, 3.05) is 32.1 Å². The topological polar surface area (TPSA) is 105 Å². The summed E-state index contributed by atoms with van der Waals surface area (Å²) in [5.41, 5.74) is 3.80. The van der Waals surface area contributed by atoms with E-state index in [-0.39, 0.29) is 29.5 Å². The van der Waals surface area contributed by atoms with Gasteiger partial charge in [-0.1, -0.05) is 77.9 Å². The first-order chi connectivity index (χ1) is 21.6. The van der Waals surface area contributed by atoms with Crippen LogP contribution in [0.25, 0.3) is 0 Å². The molecule has 4 aromatic carbocycles. The fourth-order valence-electron chi connectivity index (χ4n) is 4.96. The first-order valence-electron chi connectivity index (χ1n) is 14.5. The minimum atomic E-state index is -4.24. The molecule has 0 spiro atoms. The zero-order valence-corrected chi connectivity index (χ0v) is 27.0. The van der Waals surface area contributed by atoms with Crippen molar-refractivity contribution >= 4 is 27.5 Å². The molecule has 0 saturated carbocycles. The Morgan fingerprint density at radius 1 is 0.778 bits per heavy atom. The van der Waals surface area contributed by atoms with Gasteiger partial charge in [0.15, 0.2) is 11.5 Å². The summed E-state index contributed by atoms with van der Waals surface area (Å²) in [5.74, 6) is -0.205. The Balaban J connectivity index is 1.82. The number of nitrogens with zero attached hydrogens (tertiary/aromatic N) is 2. The largest absolute Gasteiger partial charge is 0.493 e. The number of anilines is 1. The number of carbonyl (C=O) groups is 2. The van der Waals surface area contributed by atoms with Gasteiger partial charge < -0.3 is 19.7 Å². The molecule has 0 saturated heterocycles. The lowest BCUT2D eigenvalue weighted by atomic mass is 10.0. The van der Waals surface area contributed by atoms with Crippen molar-refractivity contribution < 1.29 is 27.5 Å². The maximum absolute atomic E-state index is 14.4. The van der Waals surface area contributed by atoms with Crippen LogP contribution in [0.3, 0.4) is 0 Å². The minimum absolute atomic E-state index is 0.0212. The highest BCUT2D eigenvalue weighted by Gasteiger charge is 2.34. The maximum atomic E-state index is 14.4. The molecule has 0 aliphatic rings. The molecule has 0 aromatic heterocycles. The van der Waals surface area contributed by atoms with Crippen molar-refractivity contribution in [3.05, 3.63) is 119 Å². The fraction of sp³-hybridized carbons (Fsp3) is 0.257. The van der Waals surface area contributed by atoms with E-state index >= 15 is 0 Å². The first-order valence-corrected chi connectivity index (χ1v) is 15.9. The molecule has 4 rings (SSSR count). The fourth-order valence-corrected chi connectivity index (χ4v) is 6.36. The molecule has 1 atom stereocenters. The second kappa shape index (κ2) is 14.8. The molecule has 2 amide bonds. The van der Waals surface area contributed by atoms with Gasteiger partial charge in [-0.15, -0.1) is 0 Å². The highest BCUT2D eigenvalue weighted by atomic mass is 32.2. The number of ether oxygens (including phenoxy) is 2. The number of sulfonamides is 1. The summed E-state index contributed by atoms with van der Waals surface area (Å²) in [7, 11) is 0.210. The van der Waals surface area contributed by atoms with Crippen molar-refractivity contribution in [1.29, 1.82) is 0 Å². The van der Waals surface area contributed by atoms with Crippen molar-refractivity contribution in [3.63, 3.8) is 0 Å². The Labute approximate surface area is 265 Å². The van der Waals surface area contributed by atoms with Gasteiger partial charge >= 0.3 is 0 Å². The molecule has 10 heteroatoms. The molecule has 4 aromatic rings. The van der Waals surface area contributed by atoms with Crippen LogP contribution >= 0.6 is 0 Å². The van der Waals surface area contributed by atoms with Crippen LogP contribution in [-0.2, 0) is 32.6 Å². The average Bonchev–Trinajstić information content (AvgIpc) is 3.05. The van der Waals surface area contributed by atoms with Gasteiger partial charge in [0, 0.05) is 26.1 Å². The van der Waals surface area contributed by atoms with Crippen LogP contribution in [0, 0.1) is 13.8 Å². The number of nitrogens with one attached hydrogen (secondary N) is 1. The van der Waals surface area contributed by atoms with Crippen molar-refractivity contribution in [3.8, 4) is 11.5 Å². The molecule has 0 unspecified atom stereocenters. The van der Waals surface area contributed by atoms with E-state index in [2.05, 4.69) is 5.32 Å². The van der Waals surface area contributed by atoms with Crippen LogP contribution in [0.15, 0.2) is 102 Å². The Morgan fingerprint density at radius 3 is 1.96 bits per heavy atom. The molecule has 0 aliphatic carbocycles. The van der Waals surface area contributed by atoms with E-state index in [0.717, 1.165) is 26.6 Å². The summed E-state index contributed by atoms with van der Waals surface area (Å²) in [4.78, 5) is 29.3. The summed E-state index contributed by atoms with van der Waals surface area (Å²) in [6.07, 6.45) is 0.235. The van der Waals surface area contributed by atoms with E-state index < -0.39 is 28.5 Å². The molecule has 0 fully saturated rings. The van der Waals surface area contributed by atoms with Crippen molar-refractivity contribution in [2.45, 2.75) is 37.8 Å². The van der Waals surface area contributed by atoms with E-state index in [1.165, 1.54) is 44.4 Å². The molecule has 0 aliphatic heterocycles. The highest BCUT2D eigenvalue weighted by Crippen LogP contribution is 2.34. The summed E-state index contributed by atoms with van der Waals surface area (Å²) >= 11 is 0. The molecule has 9 nitrogen and oxygen atoms in total. The molecule has 0 bridgehead atoms. The van der Waals surface area contributed by atoms with E-state index in [0.29, 0.717) is 11.5 Å². The van der Waals surface area contributed by atoms with Gasteiger partial charge in [-0.05, 0) is 49.2 Å². The van der Waals surface area contributed by atoms with Crippen LogP contribution in [0.5, 0.6) is 11.5 Å². The SMILES string of the molecule is CNC(=O)[C@H](Cc1ccccc1)N(Cc1ccc(C)cc1)C(=O)CN(c1ccc(OC)c(OC)c1)S(=O)(=O)c1ccc(C)cc1. The number of methoxy groups -OCH3 is 2. The highest BCUT2D eigenvalue weighted by molar-refractivity contribution is 7.92. The number of hydrogen-bond acceptors (Lipinski definition) is 6. The zero-order chi connectivity index (χ0) is 32.6. The van der Waals surface area contributed by atoms with Crippen LogP contribution in [-0.4, -0.2) is 59.0 Å². The third-order valence-corrected chi connectivity index (χ3v) is 9.32. The molecule has 45 heavy (non-hydrogen) atoms. The zero-order valence-electron chi connectivity index (χ0n) is 26.2. The molecular formula is C35H39N3O6S. The van der Waals surface area contributed by atoms with Gasteiger partial charge in [0.2, 0.25) is 11.8 Å². The van der Waals surface area contributed by atoms with Gasteiger partial charge in [-0.25, -0.2) is 8.42 Å². The van der Waals surface area contributed by atoms with Gasteiger partial charge in [-0.2, -0.15) is 0 Å². The third-order valence-electron chi connectivity index (χ3n) is 7.53. The Morgan fingerprint density at radius 2 is 1.38 bits per heavy atom. The summed E-state index contributed by atoms with van der Waals surface area (Å²) < 4.78 is 40.3. The molecular weight excluding hydrogens is 590 g/mol. The number of amides is 2. The number of rotatable bonds is 13. The van der Waals surface area contributed by atoms with Gasteiger partial charge in [0.1, 0.15) is 12.6 Å². The van der Waals surface area contributed by atoms with Gasteiger partial charge in [0.05, 0.1) is 24.8 Å². The number of hydrogen-bond donors (Lipinski definition) is 1. The Hall–Kier alpha value is -4.83. The predicted molar refractivity (Wildman–Crippen MR) is 175 cm³/mol. The van der Waals surface area contributed by atoms with Crippen LogP contribution < -0.4 is 19.1 Å². The van der Waals surface area contributed by atoms with E-state index in [1.54, 1.807) is 24.3 Å². The predicted octanol–water partition coefficient (Wildman–Crippen LogP) is 4.90. The standard InChI is InChI=1S/C35H39N3O6S/c1-25-11-15-28(16-12-25)23-37(31(35(40)36-3)21-27-9-7-6-8-10-27)34(39)24-38(29-17-20-32(43-4)33(22-29)44-5)45(41,42)30-18-13-26(2)14-19-30/h6-20,22,31H,21,23-24H2,1-5H3,(H,36,40)/t31-/m0/s1. The normalized spacial score (nSPS) is 11.8. The van der Waals surface area contributed by atoms with E-state index in [1.807, 2.05) is 68.4 Å². The second-order valence-electron chi connectivity index (χ2n) is 10.7. The second-order valence-corrected chi connectivity index (χ2v) is 12.6. The van der Waals surface area contributed by atoms with Crippen LogP contribution in [0.4, 0.5) is 5.69 Å². The van der Waals surface area contributed by atoms with E-state index in [9.17, 15) is 18.0 Å². The van der Waals surface area contributed by atoms with E-state index in [4.69, 9.17) is 9.47 Å². The lowest BCUT2D eigenvalue weighted by molar-refractivity contribution is -0.139. The smallest absolute Gasteiger partial charge is 0.264 e. The lowest BCUT2D eigenvalue weighted by Gasteiger charge is -2.33. The summed E-state index contributed by atoms with van der Waals surface area (Å²) in [6.45, 7) is 3.35. The maximum Gasteiger partial charge on any atom is 0.264 e. The Kier molecular flexibility index (Phi) is 10.9. The van der Waals surface area contributed by atoms with Crippen LogP contribution in [0.1, 0.15) is 22.3 Å². The summed E-state index contributed by atoms with van der Waals surface area (Å²) in [6, 6.07) is 27.2. The lowest BCUT2D eigenvalue weighted by Crippen LogP contribution is -2.53. The average molecular weight is 630 g/mol. The third kappa shape index (κ3) is 8.02. The number of aryl methyl sites for hydroxylation is 2. The van der Waals surface area contributed by atoms with Crippen LogP contribution in [0.2, 0.25) is 0 Å². The van der Waals surface area contributed by atoms with Gasteiger partial charge in [-0.3, -0.25) is 13.9 Å². The molecule has 0 radical (unpaired) electrons. The van der Waals surface area contributed by atoms with Gasteiger partial charge in [0.25, 0.3) is 10.0 Å². The monoisotopic (exact) mass is 629 g/mol. The quantitative estimate of drug-likeness (QED) is 0.226. The minimum Gasteiger partial charge on any atom is -0.493 e.